The highest BCUT2D eigenvalue weighted by Gasteiger charge is 2.29. The summed E-state index contributed by atoms with van der Waals surface area (Å²) < 4.78 is 9.66. The van der Waals surface area contributed by atoms with Crippen LogP contribution in [0.5, 0.6) is 5.75 Å². The molecule has 54 heavy (non-hydrogen) atoms. The van der Waals surface area contributed by atoms with Crippen LogP contribution >= 0.6 is 0 Å². The summed E-state index contributed by atoms with van der Waals surface area (Å²) in [6.45, 7) is 0.788. The van der Waals surface area contributed by atoms with Crippen LogP contribution in [0.3, 0.4) is 0 Å². The normalized spacial score (nSPS) is 14.8. The Balaban J connectivity index is 0.000000167. The molecule has 1 atom stereocenters. The van der Waals surface area contributed by atoms with Gasteiger partial charge in [-0.15, -0.1) is 0 Å². The molecule has 2 aliphatic carbocycles. The van der Waals surface area contributed by atoms with Crippen molar-refractivity contribution in [3.63, 3.8) is 0 Å². The number of fused-ring (bicyclic) bond motifs is 6. The van der Waals surface area contributed by atoms with Crippen molar-refractivity contribution in [3.05, 3.63) is 135 Å². The van der Waals surface area contributed by atoms with E-state index in [0.717, 1.165) is 70.0 Å². The molecule has 0 saturated heterocycles. The van der Waals surface area contributed by atoms with Crippen LogP contribution in [0.4, 0.5) is 0 Å². The summed E-state index contributed by atoms with van der Waals surface area (Å²) in [7, 11) is 1.52. The van der Waals surface area contributed by atoms with Gasteiger partial charge in [-0.25, -0.2) is 14.4 Å². The van der Waals surface area contributed by atoms with Crippen LogP contribution in [0.25, 0.3) is 21.8 Å². The third-order valence-corrected chi connectivity index (χ3v) is 10.8. The molecule has 0 bridgehead atoms. The number of carbonyl (C=O) groups is 4. The molecule has 6 aromatic rings. The number of carboxylic acids is 4. The van der Waals surface area contributed by atoms with Gasteiger partial charge >= 0.3 is 23.9 Å². The maximum absolute atomic E-state index is 11.8. The number of aromatic carboxylic acids is 3. The zero-order valence-electron chi connectivity index (χ0n) is 29.7. The van der Waals surface area contributed by atoms with Crippen LogP contribution in [0.1, 0.15) is 84.0 Å². The minimum Gasteiger partial charge on any atom is -0.496 e. The average molecular weight is 729 g/mol. The van der Waals surface area contributed by atoms with Crippen molar-refractivity contribution in [2.75, 3.05) is 7.11 Å². The van der Waals surface area contributed by atoms with Gasteiger partial charge in [0.2, 0.25) is 0 Å². The van der Waals surface area contributed by atoms with E-state index in [4.69, 9.17) is 4.74 Å². The largest absolute Gasteiger partial charge is 0.496 e. The Labute approximate surface area is 310 Å². The molecular formula is C43H40N2O9. The van der Waals surface area contributed by atoms with Crippen molar-refractivity contribution in [3.8, 4) is 5.75 Å². The average Bonchev–Trinajstić information content (AvgIpc) is 3.66. The number of hydrogen-bond donors (Lipinski definition) is 4. The molecule has 2 aliphatic rings. The molecule has 0 fully saturated rings. The van der Waals surface area contributed by atoms with Crippen LogP contribution in [0, 0.1) is 5.92 Å². The second-order valence-corrected chi connectivity index (χ2v) is 13.8. The molecule has 2 aromatic heterocycles. The highest BCUT2D eigenvalue weighted by atomic mass is 16.5. The Bertz CT molecular complexity index is 2450. The number of rotatable bonds is 9. The lowest BCUT2D eigenvalue weighted by Gasteiger charge is -2.21. The lowest BCUT2D eigenvalue weighted by atomic mass is 9.86. The first-order valence-electron chi connectivity index (χ1n) is 18.0. The van der Waals surface area contributed by atoms with Crippen LogP contribution < -0.4 is 4.74 Å². The summed E-state index contributed by atoms with van der Waals surface area (Å²) >= 11 is 0. The van der Waals surface area contributed by atoms with E-state index in [9.17, 15) is 39.6 Å². The lowest BCUT2D eigenvalue weighted by Crippen LogP contribution is -2.23. The summed E-state index contributed by atoms with van der Waals surface area (Å²) in [6, 6.07) is 25.2. The van der Waals surface area contributed by atoms with Gasteiger partial charge in [0.25, 0.3) is 0 Å². The Morgan fingerprint density at radius 2 is 1.33 bits per heavy atom. The van der Waals surface area contributed by atoms with Gasteiger partial charge in [0.1, 0.15) is 5.75 Å². The minimum atomic E-state index is -1.01. The second-order valence-electron chi connectivity index (χ2n) is 13.8. The molecule has 0 aliphatic heterocycles. The molecular weight excluding hydrogens is 688 g/mol. The maximum atomic E-state index is 11.8. The monoisotopic (exact) mass is 728 g/mol. The Hall–Kier alpha value is -6.36. The molecule has 8 rings (SSSR count). The summed E-state index contributed by atoms with van der Waals surface area (Å²) in [5.41, 5.74) is 8.54. The van der Waals surface area contributed by atoms with Crippen LogP contribution in [0.15, 0.2) is 84.9 Å². The first-order chi connectivity index (χ1) is 26.1. The highest BCUT2D eigenvalue weighted by Crippen LogP contribution is 2.37. The van der Waals surface area contributed by atoms with Crippen molar-refractivity contribution in [2.24, 2.45) is 5.92 Å². The number of para-hydroxylation sites is 1. The zero-order valence-corrected chi connectivity index (χ0v) is 29.7. The molecule has 0 amide bonds. The molecule has 0 saturated carbocycles. The van der Waals surface area contributed by atoms with Crippen molar-refractivity contribution >= 4 is 45.7 Å². The van der Waals surface area contributed by atoms with E-state index in [2.05, 4.69) is 9.13 Å². The van der Waals surface area contributed by atoms with Gasteiger partial charge in [-0.3, -0.25) is 4.79 Å². The third-order valence-electron chi connectivity index (χ3n) is 10.8. The van der Waals surface area contributed by atoms with Crippen LogP contribution in [-0.4, -0.2) is 60.5 Å². The molecule has 4 aromatic carbocycles. The quantitative estimate of drug-likeness (QED) is 0.117. The van der Waals surface area contributed by atoms with E-state index in [1.54, 1.807) is 42.5 Å². The Morgan fingerprint density at radius 1 is 0.667 bits per heavy atom. The number of ether oxygens (including phenoxy) is 1. The van der Waals surface area contributed by atoms with Crippen LogP contribution in [0.2, 0.25) is 0 Å². The number of methoxy groups -OCH3 is 1. The van der Waals surface area contributed by atoms with Crippen molar-refractivity contribution in [1.82, 2.24) is 9.13 Å². The zero-order chi connectivity index (χ0) is 38.1. The minimum absolute atomic E-state index is 0.195. The fraction of sp³-hybridized carbons (Fsp3) is 0.256. The first-order valence-corrected chi connectivity index (χ1v) is 18.0. The number of aromatic nitrogens is 2. The van der Waals surface area contributed by atoms with Crippen LogP contribution in [-0.2, 0) is 43.6 Å². The van der Waals surface area contributed by atoms with E-state index in [-0.39, 0.29) is 17.0 Å². The van der Waals surface area contributed by atoms with E-state index < -0.39 is 23.9 Å². The fourth-order valence-electron chi connectivity index (χ4n) is 8.25. The molecule has 276 valence electrons. The van der Waals surface area contributed by atoms with Gasteiger partial charge < -0.3 is 34.3 Å². The van der Waals surface area contributed by atoms with Gasteiger partial charge in [-0.2, -0.15) is 0 Å². The predicted octanol–water partition coefficient (Wildman–Crippen LogP) is 7.55. The van der Waals surface area contributed by atoms with Gasteiger partial charge in [-0.1, -0.05) is 48.5 Å². The first kappa shape index (κ1) is 36.0. The smallest absolute Gasteiger partial charge is 0.336 e. The number of aliphatic carboxylic acids is 1. The van der Waals surface area contributed by atoms with Gasteiger partial charge in [0.05, 0.1) is 36.3 Å². The number of benzene rings is 4. The molecule has 1 unspecified atom stereocenters. The molecule has 4 N–H and O–H groups in total. The molecule has 11 nitrogen and oxygen atoms in total. The molecule has 11 heteroatoms. The van der Waals surface area contributed by atoms with Gasteiger partial charge in [0, 0.05) is 45.3 Å². The SMILES string of the molecule is COc1cccc(C(=O)O)c1Cn1c2c(c3ccc(C(=O)O)cc31)CCCC2.O=C(O)c1ccccc1Cn1c2c(c3ccccc31)CC(C(=O)O)CC2. The van der Waals surface area contributed by atoms with Gasteiger partial charge in [0.15, 0.2) is 0 Å². The Kier molecular flexibility index (Phi) is 9.96. The van der Waals surface area contributed by atoms with Crippen molar-refractivity contribution < 1.29 is 44.3 Å². The van der Waals surface area contributed by atoms with E-state index >= 15 is 0 Å². The number of nitrogens with zero attached hydrogens (tertiary/aromatic N) is 2. The van der Waals surface area contributed by atoms with Crippen molar-refractivity contribution in [1.29, 1.82) is 0 Å². The fourth-order valence-corrected chi connectivity index (χ4v) is 8.25. The molecule has 2 heterocycles. The standard InChI is InChI=1S/C22H21NO5.C21H19NO4/c1-28-20-8-4-6-16(22(26)27)17(20)12-23-18-7-3-2-5-14(18)15-10-9-13(21(24)25)11-19(15)23;23-20(24)13-9-10-19-17(11-13)16-7-3-4-8-18(16)22(19)12-14-5-1-2-6-15(14)21(25)26/h4,6,8-11H,2-3,5,7,12H2,1H3,(H,24,25)(H,26,27);1-8,13H,9-12H2,(H,23,24)(H,25,26). The number of hydrogen-bond acceptors (Lipinski definition) is 5. The molecule has 0 radical (unpaired) electrons. The summed E-state index contributed by atoms with van der Waals surface area (Å²) in [6.07, 6.45) is 5.83. The summed E-state index contributed by atoms with van der Waals surface area (Å²) in [5, 5.41) is 40.0. The van der Waals surface area contributed by atoms with E-state index in [0.29, 0.717) is 49.2 Å². The predicted molar refractivity (Wildman–Crippen MR) is 202 cm³/mol. The molecule has 0 spiro atoms. The van der Waals surface area contributed by atoms with Gasteiger partial charge in [-0.05, 0) is 98.0 Å². The maximum Gasteiger partial charge on any atom is 0.336 e. The highest BCUT2D eigenvalue weighted by molar-refractivity contribution is 5.96. The number of aryl methyl sites for hydroxylation is 1. The van der Waals surface area contributed by atoms with Crippen molar-refractivity contribution in [2.45, 2.75) is 58.0 Å². The lowest BCUT2D eigenvalue weighted by molar-refractivity contribution is -0.142. The third kappa shape index (κ3) is 6.68. The summed E-state index contributed by atoms with van der Waals surface area (Å²) in [4.78, 5) is 46.3. The van der Waals surface area contributed by atoms with E-state index in [1.165, 1.54) is 12.7 Å². The Morgan fingerprint density at radius 3 is 2.07 bits per heavy atom. The topological polar surface area (TPSA) is 168 Å². The summed E-state index contributed by atoms with van der Waals surface area (Å²) in [5.74, 6) is -3.50. The van der Waals surface area contributed by atoms with E-state index in [1.807, 2.05) is 42.5 Å². The number of carboxylic acid groups (broad SMARTS) is 4. The second kappa shape index (κ2) is 14.9.